The monoisotopic (exact) mass is 261 g/mol. The zero-order valence-corrected chi connectivity index (χ0v) is 12.1. The summed E-state index contributed by atoms with van der Waals surface area (Å²) in [5, 5.41) is 0. The summed E-state index contributed by atoms with van der Waals surface area (Å²) in [6.07, 6.45) is 2.24. The molecular formula is C16H23NO2. The molecule has 1 aromatic carbocycles. The molecule has 0 fully saturated rings. The van der Waals surface area contributed by atoms with E-state index in [1.165, 1.54) is 5.56 Å². The van der Waals surface area contributed by atoms with E-state index in [0.717, 1.165) is 6.42 Å². The Kier molecular flexibility index (Phi) is 5.61. The van der Waals surface area contributed by atoms with E-state index in [4.69, 9.17) is 4.74 Å². The van der Waals surface area contributed by atoms with Gasteiger partial charge in [-0.25, -0.2) is 4.79 Å². The second-order valence-corrected chi connectivity index (χ2v) is 5.45. The molecule has 104 valence electrons. The second-order valence-electron chi connectivity index (χ2n) is 5.45. The molecule has 0 radical (unpaired) electrons. The van der Waals surface area contributed by atoms with Crippen molar-refractivity contribution in [2.24, 2.45) is 0 Å². The van der Waals surface area contributed by atoms with E-state index in [0.29, 0.717) is 13.1 Å². The smallest absolute Gasteiger partial charge is 0.410 e. The lowest BCUT2D eigenvalue weighted by atomic mass is 10.1. The summed E-state index contributed by atoms with van der Waals surface area (Å²) in [6, 6.07) is 10.1. The molecule has 0 N–H and O–H groups in total. The van der Waals surface area contributed by atoms with Gasteiger partial charge in [0.1, 0.15) is 5.60 Å². The molecule has 19 heavy (non-hydrogen) atoms. The fourth-order valence-electron chi connectivity index (χ4n) is 1.65. The molecular weight excluding hydrogens is 238 g/mol. The maximum absolute atomic E-state index is 12.0. The molecule has 1 aromatic rings. The number of rotatable bonds is 5. The summed E-state index contributed by atoms with van der Waals surface area (Å²) >= 11 is 0. The van der Waals surface area contributed by atoms with E-state index in [-0.39, 0.29) is 6.09 Å². The van der Waals surface area contributed by atoms with Gasteiger partial charge in [0.2, 0.25) is 0 Å². The van der Waals surface area contributed by atoms with Crippen LogP contribution in [0.3, 0.4) is 0 Å². The van der Waals surface area contributed by atoms with E-state index < -0.39 is 5.60 Å². The summed E-state index contributed by atoms with van der Waals surface area (Å²) in [4.78, 5) is 13.7. The fourth-order valence-corrected chi connectivity index (χ4v) is 1.65. The Labute approximate surface area is 115 Å². The summed E-state index contributed by atoms with van der Waals surface area (Å²) in [6.45, 7) is 10.4. The molecule has 0 aromatic heterocycles. The number of carbonyl (C=O) groups excluding carboxylic acids is 1. The number of hydrogen-bond donors (Lipinski definition) is 0. The van der Waals surface area contributed by atoms with Crippen LogP contribution >= 0.6 is 0 Å². The van der Waals surface area contributed by atoms with Crippen molar-refractivity contribution < 1.29 is 9.53 Å². The van der Waals surface area contributed by atoms with Gasteiger partial charge in [-0.1, -0.05) is 36.4 Å². The lowest BCUT2D eigenvalue weighted by molar-refractivity contribution is 0.0274. The minimum absolute atomic E-state index is 0.289. The normalized spacial score (nSPS) is 10.9. The SMILES string of the molecule is C=CCN(CCc1ccccc1)C(=O)OC(C)(C)C. The Bertz CT molecular complexity index is 407. The highest BCUT2D eigenvalue weighted by Gasteiger charge is 2.20. The van der Waals surface area contributed by atoms with Crippen molar-refractivity contribution in [3.05, 3.63) is 48.6 Å². The Hall–Kier alpha value is -1.77. The van der Waals surface area contributed by atoms with Gasteiger partial charge in [0.05, 0.1) is 0 Å². The molecule has 0 aliphatic rings. The maximum Gasteiger partial charge on any atom is 0.410 e. The molecule has 1 amide bonds. The zero-order valence-electron chi connectivity index (χ0n) is 12.1. The van der Waals surface area contributed by atoms with E-state index >= 15 is 0 Å². The number of benzene rings is 1. The van der Waals surface area contributed by atoms with Crippen LogP contribution in [0.4, 0.5) is 4.79 Å². The van der Waals surface area contributed by atoms with Gasteiger partial charge in [-0.3, -0.25) is 0 Å². The molecule has 0 saturated heterocycles. The minimum Gasteiger partial charge on any atom is -0.444 e. The first-order chi connectivity index (χ1) is 8.92. The van der Waals surface area contributed by atoms with Crippen molar-refractivity contribution in [2.45, 2.75) is 32.8 Å². The highest BCUT2D eigenvalue weighted by molar-refractivity contribution is 5.68. The molecule has 0 aliphatic heterocycles. The topological polar surface area (TPSA) is 29.5 Å². The Morgan fingerprint density at radius 1 is 1.32 bits per heavy atom. The van der Waals surface area contributed by atoms with Gasteiger partial charge in [0, 0.05) is 13.1 Å². The fraction of sp³-hybridized carbons (Fsp3) is 0.438. The lowest BCUT2D eigenvalue weighted by Crippen LogP contribution is -2.38. The Balaban J connectivity index is 2.57. The van der Waals surface area contributed by atoms with Crippen LogP contribution in [0.2, 0.25) is 0 Å². The predicted octanol–water partition coefficient (Wildman–Crippen LogP) is 3.65. The van der Waals surface area contributed by atoms with E-state index in [2.05, 4.69) is 18.7 Å². The quantitative estimate of drug-likeness (QED) is 0.757. The van der Waals surface area contributed by atoms with E-state index in [9.17, 15) is 4.79 Å². The first-order valence-electron chi connectivity index (χ1n) is 6.55. The zero-order chi connectivity index (χ0) is 14.3. The molecule has 0 aliphatic carbocycles. The first-order valence-corrected chi connectivity index (χ1v) is 6.55. The molecule has 1 rings (SSSR count). The third-order valence-corrected chi connectivity index (χ3v) is 2.51. The number of hydrogen-bond acceptors (Lipinski definition) is 2. The molecule has 0 unspecified atom stereocenters. The second kappa shape index (κ2) is 6.98. The van der Waals surface area contributed by atoms with Crippen LogP contribution in [-0.2, 0) is 11.2 Å². The largest absolute Gasteiger partial charge is 0.444 e. The van der Waals surface area contributed by atoms with Crippen LogP contribution in [0.15, 0.2) is 43.0 Å². The third-order valence-electron chi connectivity index (χ3n) is 2.51. The van der Waals surface area contributed by atoms with Crippen LogP contribution in [0.25, 0.3) is 0 Å². The number of carbonyl (C=O) groups is 1. The van der Waals surface area contributed by atoms with Crippen molar-refractivity contribution in [1.29, 1.82) is 0 Å². The lowest BCUT2D eigenvalue weighted by Gasteiger charge is -2.26. The molecule has 0 atom stereocenters. The van der Waals surface area contributed by atoms with Gasteiger partial charge in [-0.15, -0.1) is 6.58 Å². The van der Waals surface area contributed by atoms with E-state index in [1.807, 2.05) is 39.0 Å². The molecule has 3 nitrogen and oxygen atoms in total. The van der Waals surface area contributed by atoms with Crippen molar-refractivity contribution in [2.75, 3.05) is 13.1 Å². The van der Waals surface area contributed by atoms with Gasteiger partial charge in [0.25, 0.3) is 0 Å². The van der Waals surface area contributed by atoms with Gasteiger partial charge >= 0.3 is 6.09 Å². The summed E-state index contributed by atoms with van der Waals surface area (Å²) in [5.74, 6) is 0. The average molecular weight is 261 g/mol. The number of nitrogens with zero attached hydrogens (tertiary/aromatic N) is 1. The Morgan fingerprint density at radius 2 is 1.95 bits per heavy atom. The highest BCUT2D eigenvalue weighted by Crippen LogP contribution is 2.11. The standard InChI is InChI=1S/C16H23NO2/c1-5-12-17(15(18)19-16(2,3)4)13-11-14-9-7-6-8-10-14/h5-10H,1,11-13H2,2-4H3. The average Bonchev–Trinajstić information content (AvgIpc) is 2.33. The van der Waals surface area contributed by atoms with Crippen molar-refractivity contribution in [3.8, 4) is 0 Å². The summed E-state index contributed by atoms with van der Waals surface area (Å²) < 4.78 is 5.38. The molecule has 0 spiro atoms. The Morgan fingerprint density at radius 3 is 2.47 bits per heavy atom. The first kappa shape index (κ1) is 15.3. The highest BCUT2D eigenvalue weighted by atomic mass is 16.6. The van der Waals surface area contributed by atoms with Crippen molar-refractivity contribution in [3.63, 3.8) is 0 Å². The molecule has 3 heteroatoms. The van der Waals surface area contributed by atoms with Gasteiger partial charge in [0.15, 0.2) is 0 Å². The van der Waals surface area contributed by atoms with Crippen LogP contribution in [-0.4, -0.2) is 29.7 Å². The van der Waals surface area contributed by atoms with Gasteiger partial charge in [-0.2, -0.15) is 0 Å². The van der Waals surface area contributed by atoms with Crippen LogP contribution in [0, 0.1) is 0 Å². The van der Waals surface area contributed by atoms with Crippen molar-refractivity contribution >= 4 is 6.09 Å². The minimum atomic E-state index is -0.469. The van der Waals surface area contributed by atoms with Crippen LogP contribution < -0.4 is 0 Å². The van der Waals surface area contributed by atoms with E-state index in [1.54, 1.807) is 11.0 Å². The van der Waals surface area contributed by atoms with Crippen LogP contribution in [0.5, 0.6) is 0 Å². The summed E-state index contributed by atoms with van der Waals surface area (Å²) in [7, 11) is 0. The molecule has 0 heterocycles. The molecule has 0 bridgehead atoms. The third kappa shape index (κ3) is 6.09. The summed E-state index contributed by atoms with van der Waals surface area (Å²) in [5.41, 5.74) is 0.739. The van der Waals surface area contributed by atoms with Gasteiger partial charge < -0.3 is 9.64 Å². The van der Waals surface area contributed by atoms with Crippen LogP contribution in [0.1, 0.15) is 26.3 Å². The number of amides is 1. The molecule has 0 saturated carbocycles. The number of ether oxygens (including phenoxy) is 1. The van der Waals surface area contributed by atoms with Crippen molar-refractivity contribution in [1.82, 2.24) is 4.90 Å². The predicted molar refractivity (Wildman–Crippen MR) is 78.2 cm³/mol. The maximum atomic E-state index is 12.0. The van der Waals surface area contributed by atoms with Gasteiger partial charge in [-0.05, 0) is 32.8 Å².